The molecule has 0 aliphatic carbocycles. The van der Waals surface area contributed by atoms with Crippen LogP contribution in [-0.2, 0) is 23.6 Å². The minimum atomic E-state index is -0.541. The van der Waals surface area contributed by atoms with Crippen LogP contribution in [0.25, 0.3) is 28.3 Å². The molecule has 4 heterocycles. The van der Waals surface area contributed by atoms with Crippen molar-refractivity contribution in [2.24, 2.45) is 14.1 Å². The first-order valence-electron chi connectivity index (χ1n) is 15.0. The number of hydrogen-bond donors (Lipinski definition) is 0. The Morgan fingerprint density at radius 1 is 0.755 bits per heavy atom. The summed E-state index contributed by atoms with van der Waals surface area (Å²) in [6.45, 7) is 3.91. The molecule has 0 spiro atoms. The number of carbonyl (C=O) groups excluding carboxylic acids is 1. The molecule has 0 fully saturated rings. The van der Waals surface area contributed by atoms with Gasteiger partial charge in [0.15, 0.2) is 0 Å². The number of aldehydes is 1. The highest BCUT2D eigenvalue weighted by Gasteiger charge is 2.27. The molecule has 0 N–H and O–H groups in total. The van der Waals surface area contributed by atoms with Crippen LogP contribution in [0, 0.1) is 13.8 Å². The fraction of sp³-hybridized carbons (Fsp3) is 0.162. The summed E-state index contributed by atoms with van der Waals surface area (Å²) >= 11 is 25.2. The highest BCUT2D eigenvalue weighted by molar-refractivity contribution is 6.32. The maximum absolute atomic E-state index is 11.9. The van der Waals surface area contributed by atoms with E-state index in [1.165, 1.54) is 0 Å². The fourth-order valence-electron chi connectivity index (χ4n) is 5.50. The average molecular weight is 735 g/mol. The Balaban J connectivity index is 0.000000191. The predicted octanol–water partition coefficient (Wildman–Crippen LogP) is 9.56. The topological polar surface area (TPSA) is 87.7 Å². The zero-order valence-electron chi connectivity index (χ0n) is 27.3. The van der Waals surface area contributed by atoms with Gasteiger partial charge in [-0.15, -0.1) is 0 Å². The number of hydrogen-bond acceptors (Lipinski definition) is 6. The number of carbonyl (C=O) groups is 1. The summed E-state index contributed by atoms with van der Waals surface area (Å²) in [5.41, 5.74) is 8.74. The van der Waals surface area contributed by atoms with Crippen LogP contribution in [0.15, 0.2) is 91.5 Å². The first-order chi connectivity index (χ1) is 23.5. The molecule has 12 heteroatoms. The highest BCUT2D eigenvalue weighted by atomic mass is 35.5. The van der Waals surface area contributed by atoms with Crippen LogP contribution in [0.2, 0.25) is 20.4 Å². The molecule has 1 unspecified atom stereocenters. The lowest BCUT2D eigenvalue weighted by atomic mass is 9.89. The third-order valence-corrected chi connectivity index (χ3v) is 9.15. The maximum Gasteiger partial charge on any atom is 0.135 e. The van der Waals surface area contributed by atoms with Crippen molar-refractivity contribution in [3.05, 3.63) is 145 Å². The summed E-state index contributed by atoms with van der Waals surface area (Å²) in [6.07, 6.45) is 5.97. The molecule has 6 aromatic rings. The molecule has 0 aliphatic heterocycles. The molecule has 1 atom stereocenters. The standard InChI is InChI=1S/C19H17Cl2N3O.C18H15Cl2N3O/c1-12-10-13(20)7-8-14(12)15(11-25-3)17-18(23-24(2)19(17)21)16-6-4-5-9-22-16;1-11-9-12(19)6-7-13(11)14(10-24)16-17(22-23(2)18(16)20)15-5-3-4-8-21-15/h4-11H,1-3H3;3-10,14H,1-2H3. The van der Waals surface area contributed by atoms with Crippen LogP contribution in [0.3, 0.4) is 0 Å². The minimum absolute atomic E-state index is 0.419. The molecule has 0 aliphatic rings. The second kappa shape index (κ2) is 15.8. The maximum atomic E-state index is 11.9. The smallest absolute Gasteiger partial charge is 0.135 e. The first-order valence-corrected chi connectivity index (χ1v) is 16.6. The van der Waals surface area contributed by atoms with Gasteiger partial charge in [-0.05, 0) is 84.6 Å². The van der Waals surface area contributed by atoms with E-state index in [1.54, 1.807) is 55.3 Å². The highest BCUT2D eigenvalue weighted by Crippen LogP contribution is 2.39. The van der Waals surface area contributed by atoms with Crippen LogP contribution >= 0.6 is 46.4 Å². The molecule has 4 aromatic heterocycles. The molecule has 0 saturated heterocycles. The molecule has 8 nitrogen and oxygen atoms in total. The molecule has 0 bridgehead atoms. The third-order valence-electron chi connectivity index (χ3n) is 7.80. The molecule has 0 saturated carbocycles. The summed E-state index contributed by atoms with van der Waals surface area (Å²) in [7, 11) is 5.15. The Bertz CT molecular complexity index is 2130. The van der Waals surface area contributed by atoms with Gasteiger partial charge in [0.25, 0.3) is 0 Å². The fourth-order valence-corrected chi connectivity index (χ4v) is 6.43. The van der Waals surface area contributed by atoms with Crippen LogP contribution in [0.4, 0.5) is 0 Å². The van der Waals surface area contributed by atoms with Gasteiger partial charge in [0.05, 0.1) is 36.2 Å². The number of halogens is 4. The largest absolute Gasteiger partial charge is 0.504 e. The lowest BCUT2D eigenvalue weighted by Crippen LogP contribution is -2.06. The summed E-state index contributed by atoms with van der Waals surface area (Å²) in [4.78, 5) is 20.7. The number of aryl methyl sites for hydroxylation is 4. The second-order valence-electron chi connectivity index (χ2n) is 11.1. The molecular formula is C37H32Cl4N6O2. The molecular weight excluding hydrogens is 702 g/mol. The van der Waals surface area contributed by atoms with Crippen LogP contribution in [0.5, 0.6) is 0 Å². The first kappa shape index (κ1) is 35.8. The second-order valence-corrected chi connectivity index (χ2v) is 12.7. The zero-order valence-corrected chi connectivity index (χ0v) is 30.4. The van der Waals surface area contributed by atoms with Crippen LogP contribution in [-0.4, -0.2) is 42.9 Å². The van der Waals surface area contributed by atoms with E-state index in [0.717, 1.165) is 45.4 Å². The minimum Gasteiger partial charge on any atom is -0.504 e. The van der Waals surface area contributed by atoms with Crippen molar-refractivity contribution >= 4 is 58.3 Å². The van der Waals surface area contributed by atoms with Gasteiger partial charge in [-0.25, -0.2) is 0 Å². The summed E-state index contributed by atoms with van der Waals surface area (Å²) in [5.74, 6) is -0.541. The Morgan fingerprint density at radius 3 is 1.88 bits per heavy atom. The van der Waals surface area contributed by atoms with Gasteiger partial charge in [0, 0.05) is 47.7 Å². The van der Waals surface area contributed by atoms with Crippen molar-refractivity contribution < 1.29 is 9.53 Å². The van der Waals surface area contributed by atoms with Crippen molar-refractivity contribution in [2.75, 3.05) is 7.11 Å². The number of rotatable bonds is 8. The average Bonchev–Trinajstić information content (AvgIpc) is 3.56. The Kier molecular flexibility index (Phi) is 11.6. The predicted molar refractivity (Wildman–Crippen MR) is 197 cm³/mol. The van der Waals surface area contributed by atoms with E-state index in [1.807, 2.05) is 80.6 Å². The van der Waals surface area contributed by atoms with Gasteiger partial charge in [-0.1, -0.05) is 70.7 Å². The summed E-state index contributed by atoms with van der Waals surface area (Å²) in [6, 6.07) is 22.4. The van der Waals surface area contributed by atoms with Gasteiger partial charge in [-0.3, -0.25) is 19.3 Å². The molecule has 49 heavy (non-hydrogen) atoms. The third kappa shape index (κ3) is 7.73. The molecule has 0 amide bonds. The SMILES string of the molecule is COC=C(c1ccc(Cl)cc1C)c1c(-c2ccccn2)nn(C)c1Cl.Cc1cc(Cl)ccc1C(C=O)c1c(-c2ccccn2)nn(C)c1Cl. The number of methoxy groups -OCH3 is 1. The van der Waals surface area contributed by atoms with E-state index in [2.05, 4.69) is 20.2 Å². The van der Waals surface area contributed by atoms with Crippen molar-refractivity contribution in [3.63, 3.8) is 0 Å². The molecule has 2 aromatic carbocycles. The number of pyridine rings is 2. The normalized spacial score (nSPS) is 11.9. The Morgan fingerprint density at radius 2 is 1.33 bits per heavy atom. The molecule has 0 radical (unpaired) electrons. The lowest BCUT2D eigenvalue weighted by molar-refractivity contribution is -0.108. The van der Waals surface area contributed by atoms with E-state index in [0.29, 0.717) is 43.0 Å². The van der Waals surface area contributed by atoms with E-state index >= 15 is 0 Å². The van der Waals surface area contributed by atoms with E-state index in [9.17, 15) is 4.79 Å². The summed E-state index contributed by atoms with van der Waals surface area (Å²) < 4.78 is 8.53. The van der Waals surface area contributed by atoms with Crippen molar-refractivity contribution in [1.82, 2.24) is 29.5 Å². The van der Waals surface area contributed by atoms with Gasteiger partial charge < -0.3 is 9.53 Å². The van der Waals surface area contributed by atoms with Crippen LogP contribution < -0.4 is 0 Å². The molecule has 6 rings (SSSR count). The zero-order chi connectivity index (χ0) is 35.2. The lowest BCUT2D eigenvalue weighted by Gasteiger charge is -2.15. The van der Waals surface area contributed by atoms with Crippen molar-refractivity contribution in [1.29, 1.82) is 0 Å². The number of nitrogens with zero attached hydrogens (tertiary/aromatic N) is 6. The van der Waals surface area contributed by atoms with Gasteiger partial charge in [0.1, 0.15) is 28.0 Å². The summed E-state index contributed by atoms with van der Waals surface area (Å²) in [5, 5.41) is 11.3. The number of ether oxygens (including phenoxy) is 1. The quantitative estimate of drug-likeness (QED) is 0.114. The van der Waals surface area contributed by atoms with E-state index in [-0.39, 0.29) is 0 Å². The number of benzene rings is 2. The van der Waals surface area contributed by atoms with E-state index in [4.69, 9.17) is 51.1 Å². The van der Waals surface area contributed by atoms with Crippen LogP contribution in [0.1, 0.15) is 39.3 Å². The van der Waals surface area contributed by atoms with E-state index < -0.39 is 5.92 Å². The van der Waals surface area contributed by atoms with Crippen molar-refractivity contribution in [2.45, 2.75) is 19.8 Å². The Hall–Kier alpha value is -4.47. The van der Waals surface area contributed by atoms with Crippen molar-refractivity contribution in [3.8, 4) is 22.8 Å². The monoisotopic (exact) mass is 732 g/mol. The number of aromatic nitrogens is 6. The van der Waals surface area contributed by atoms with Gasteiger partial charge in [0.2, 0.25) is 0 Å². The van der Waals surface area contributed by atoms with Gasteiger partial charge >= 0.3 is 0 Å². The Labute approximate surface area is 304 Å². The van der Waals surface area contributed by atoms with Gasteiger partial charge in [-0.2, -0.15) is 10.2 Å². The molecule has 250 valence electrons.